The molecule has 0 amide bonds. The Morgan fingerprint density at radius 3 is 2.80 bits per heavy atom. The van der Waals surface area contributed by atoms with Gasteiger partial charge in [0.15, 0.2) is 5.96 Å². The molecule has 140 valence electrons. The van der Waals surface area contributed by atoms with E-state index in [0.717, 1.165) is 25.3 Å². The monoisotopic (exact) mass is 458 g/mol. The Morgan fingerprint density at radius 1 is 1.32 bits per heavy atom. The highest BCUT2D eigenvalue weighted by Gasteiger charge is 2.24. The van der Waals surface area contributed by atoms with Crippen LogP contribution in [0, 0.1) is 5.41 Å². The predicted octanol–water partition coefficient (Wildman–Crippen LogP) is 3.15. The van der Waals surface area contributed by atoms with E-state index in [2.05, 4.69) is 35.1 Å². The average Bonchev–Trinajstić information content (AvgIpc) is 3.06. The highest BCUT2D eigenvalue weighted by molar-refractivity contribution is 14.0. The zero-order chi connectivity index (χ0) is 17.0. The molecule has 0 aromatic heterocycles. The molecule has 2 heterocycles. The molecule has 2 aliphatic heterocycles. The van der Waals surface area contributed by atoms with Crippen molar-refractivity contribution in [3.63, 3.8) is 0 Å². The Morgan fingerprint density at radius 2 is 2.04 bits per heavy atom. The lowest BCUT2D eigenvalue weighted by Crippen LogP contribution is -2.39. The summed E-state index contributed by atoms with van der Waals surface area (Å²) < 4.78 is 5.70. The van der Waals surface area contributed by atoms with Crippen molar-refractivity contribution in [3.05, 3.63) is 29.8 Å². The van der Waals surface area contributed by atoms with Gasteiger partial charge in [-0.2, -0.15) is 0 Å². The van der Waals surface area contributed by atoms with Crippen molar-refractivity contribution in [1.29, 1.82) is 0 Å². The van der Waals surface area contributed by atoms with E-state index in [1.807, 2.05) is 18.2 Å². The molecule has 0 saturated carbocycles. The number of nitrogens with zero attached hydrogens (tertiary/aromatic N) is 2. The molecule has 6 heteroatoms. The Balaban J connectivity index is 0.00000225. The topological polar surface area (TPSA) is 62.9 Å². The third kappa shape index (κ3) is 5.74. The number of fused-ring (bicyclic) bond motifs is 1. The SMILES string of the molecule is CC(C)(CN=C(N)NC1CCOc2ccccc21)CN1CCCC1.I. The summed E-state index contributed by atoms with van der Waals surface area (Å²) in [6.45, 7) is 9.52. The smallest absolute Gasteiger partial charge is 0.189 e. The first kappa shape index (κ1) is 20.3. The Kier molecular flexibility index (Phi) is 7.37. The third-order valence-corrected chi connectivity index (χ3v) is 4.81. The van der Waals surface area contributed by atoms with E-state index < -0.39 is 0 Å². The van der Waals surface area contributed by atoms with E-state index in [9.17, 15) is 0 Å². The molecule has 1 saturated heterocycles. The van der Waals surface area contributed by atoms with Crippen molar-refractivity contribution in [1.82, 2.24) is 10.2 Å². The molecule has 3 rings (SSSR count). The zero-order valence-corrected chi connectivity index (χ0v) is 17.7. The molecule has 0 bridgehead atoms. The van der Waals surface area contributed by atoms with E-state index in [1.165, 1.54) is 31.5 Å². The highest BCUT2D eigenvalue weighted by atomic mass is 127. The molecule has 0 spiro atoms. The number of ether oxygens (including phenoxy) is 1. The molecule has 5 nitrogen and oxygen atoms in total. The zero-order valence-electron chi connectivity index (χ0n) is 15.3. The summed E-state index contributed by atoms with van der Waals surface area (Å²) in [5.41, 5.74) is 7.47. The van der Waals surface area contributed by atoms with Crippen molar-refractivity contribution in [2.24, 2.45) is 16.1 Å². The van der Waals surface area contributed by atoms with E-state index in [4.69, 9.17) is 10.5 Å². The van der Waals surface area contributed by atoms with Crippen LogP contribution in [-0.2, 0) is 0 Å². The van der Waals surface area contributed by atoms with Crippen LogP contribution in [-0.4, -0.2) is 43.6 Å². The summed E-state index contributed by atoms with van der Waals surface area (Å²) in [5, 5.41) is 3.38. The van der Waals surface area contributed by atoms with Crippen LogP contribution in [0.25, 0.3) is 0 Å². The number of aliphatic imine (C=N–C) groups is 1. The Labute approximate surface area is 168 Å². The number of rotatable bonds is 5. The van der Waals surface area contributed by atoms with Gasteiger partial charge >= 0.3 is 0 Å². The largest absolute Gasteiger partial charge is 0.493 e. The molecule has 25 heavy (non-hydrogen) atoms. The third-order valence-electron chi connectivity index (χ3n) is 4.81. The van der Waals surface area contributed by atoms with Crippen LogP contribution < -0.4 is 15.8 Å². The molecule has 1 aromatic rings. The second-order valence-corrected chi connectivity index (χ2v) is 7.72. The number of halogens is 1. The number of likely N-dealkylation sites (tertiary alicyclic amines) is 1. The second kappa shape index (κ2) is 9.07. The number of benzene rings is 1. The van der Waals surface area contributed by atoms with Gasteiger partial charge in [-0.3, -0.25) is 4.99 Å². The van der Waals surface area contributed by atoms with Crippen molar-refractivity contribution in [2.75, 3.05) is 32.8 Å². The molecule has 0 aliphatic carbocycles. The van der Waals surface area contributed by atoms with Gasteiger partial charge in [0, 0.05) is 25.1 Å². The van der Waals surface area contributed by atoms with Gasteiger partial charge in [-0.25, -0.2) is 0 Å². The Hall–Kier alpha value is -1.02. The molecular formula is C19H31IN4O. The van der Waals surface area contributed by atoms with Crippen molar-refractivity contribution in [2.45, 2.75) is 39.2 Å². The molecule has 1 aromatic carbocycles. The maximum Gasteiger partial charge on any atom is 0.189 e. The lowest BCUT2D eigenvalue weighted by atomic mass is 9.93. The van der Waals surface area contributed by atoms with Gasteiger partial charge in [-0.15, -0.1) is 24.0 Å². The molecule has 1 atom stereocenters. The fraction of sp³-hybridized carbons (Fsp3) is 0.632. The minimum atomic E-state index is 0. The van der Waals surface area contributed by atoms with Gasteiger partial charge in [0.2, 0.25) is 0 Å². The fourth-order valence-electron chi connectivity index (χ4n) is 3.61. The fourth-order valence-corrected chi connectivity index (χ4v) is 3.61. The van der Waals surface area contributed by atoms with Crippen LogP contribution in [0.2, 0.25) is 0 Å². The van der Waals surface area contributed by atoms with Crippen LogP contribution in [0.1, 0.15) is 44.7 Å². The minimum absolute atomic E-state index is 0. The van der Waals surface area contributed by atoms with Crippen molar-refractivity contribution in [3.8, 4) is 5.75 Å². The van der Waals surface area contributed by atoms with E-state index in [-0.39, 0.29) is 35.4 Å². The summed E-state index contributed by atoms with van der Waals surface area (Å²) >= 11 is 0. The maximum absolute atomic E-state index is 6.16. The first-order valence-electron chi connectivity index (χ1n) is 9.04. The number of nitrogens with two attached hydrogens (primary N) is 1. The van der Waals surface area contributed by atoms with Crippen LogP contribution in [0.5, 0.6) is 5.75 Å². The summed E-state index contributed by atoms with van der Waals surface area (Å²) in [6.07, 6.45) is 3.56. The molecule has 1 unspecified atom stereocenters. The quantitative estimate of drug-likeness (QED) is 0.404. The van der Waals surface area contributed by atoms with Crippen LogP contribution in [0.4, 0.5) is 0 Å². The predicted molar refractivity (Wildman–Crippen MR) is 114 cm³/mol. The number of para-hydroxylation sites is 1. The van der Waals surface area contributed by atoms with Gasteiger partial charge in [-0.05, 0) is 37.4 Å². The highest BCUT2D eigenvalue weighted by Crippen LogP contribution is 2.31. The summed E-state index contributed by atoms with van der Waals surface area (Å²) in [5.74, 6) is 1.48. The maximum atomic E-state index is 6.16. The summed E-state index contributed by atoms with van der Waals surface area (Å²) in [4.78, 5) is 7.16. The number of hydrogen-bond acceptors (Lipinski definition) is 3. The van der Waals surface area contributed by atoms with Gasteiger partial charge in [0.05, 0.1) is 12.6 Å². The van der Waals surface area contributed by atoms with Crippen molar-refractivity contribution >= 4 is 29.9 Å². The second-order valence-electron chi connectivity index (χ2n) is 7.72. The molecule has 1 fully saturated rings. The lowest BCUT2D eigenvalue weighted by molar-refractivity contribution is 0.216. The Bertz CT molecular complexity index is 585. The standard InChI is InChI=1S/C19H30N4O.HI/c1-19(2,14-23-10-5-6-11-23)13-21-18(20)22-16-9-12-24-17-8-4-3-7-15(16)17;/h3-4,7-8,16H,5-6,9-14H2,1-2H3,(H3,20,21,22);1H. The van der Waals surface area contributed by atoms with Gasteiger partial charge in [0.25, 0.3) is 0 Å². The molecule has 3 N–H and O–H groups in total. The molecule has 0 radical (unpaired) electrons. The first-order valence-corrected chi connectivity index (χ1v) is 9.04. The van der Waals surface area contributed by atoms with Crippen molar-refractivity contribution < 1.29 is 4.74 Å². The van der Waals surface area contributed by atoms with E-state index in [0.29, 0.717) is 12.6 Å². The molecule has 2 aliphatic rings. The minimum Gasteiger partial charge on any atom is -0.493 e. The number of hydrogen-bond donors (Lipinski definition) is 2. The summed E-state index contributed by atoms with van der Waals surface area (Å²) in [6, 6.07) is 8.32. The van der Waals surface area contributed by atoms with E-state index in [1.54, 1.807) is 0 Å². The van der Waals surface area contributed by atoms with Crippen LogP contribution >= 0.6 is 24.0 Å². The van der Waals surface area contributed by atoms with E-state index >= 15 is 0 Å². The number of guanidine groups is 1. The normalized spacial score (nSPS) is 21.2. The van der Waals surface area contributed by atoms with Gasteiger partial charge in [-0.1, -0.05) is 32.0 Å². The van der Waals surface area contributed by atoms with Crippen LogP contribution in [0.3, 0.4) is 0 Å². The van der Waals surface area contributed by atoms with Gasteiger partial charge in [0.1, 0.15) is 5.75 Å². The molecular weight excluding hydrogens is 427 g/mol. The van der Waals surface area contributed by atoms with Crippen LogP contribution in [0.15, 0.2) is 29.3 Å². The lowest BCUT2D eigenvalue weighted by Gasteiger charge is -2.29. The summed E-state index contributed by atoms with van der Waals surface area (Å²) in [7, 11) is 0. The average molecular weight is 458 g/mol. The number of nitrogens with one attached hydrogen (secondary N) is 1. The first-order chi connectivity index (χ1) is 11.5. The van der Waals surface area contributed by atoms with Gasteiger partial charge < -0.3 is 20.7 Å².